The van der Waals surface area contributed by atoms with Crippen LogP contribution in [0.4, 0.5) is 0 Å². The van der Waals surface area contributed by atoms with Crippen LogP contribution in [0, 0.1) is 0 Å². The lowest BCUT2D eigenvalue weighted by atomic mass is 10.2. The number of carbonyl (C=O) groups is 1. The summed E-state index contributed by atoms with van der Waals surface area (Å²) in [6.45, 7) is 0.659. The van der Waals surface area contributed by atoms with Crippen LogP contribution in [0.1, 0.15) is 61.9 Å². The van der Waals surface area contributed by atoms with Gasteiger partial charge in [-0.1, -0.05) is 25.0 Å². The zero-order chi connectivity index (χ0) is 18.2. The normalized spacial score (nSPS) is 22.0. The van der Waals surface area contributed by atoms with Gasteiger partial charge in [0.2, 0.25) is 6.10 Å². The van der Waals surface area contributed by atoms with Gasteiger partial charge in [-0.25, -0.2) is 0 Å². The van der Waals surface area contributed by atoms with Gasteiger partial charge in [0.15, 0.2) is 11.5 Å². The van der Waals surface area contributed by atoms with E-state index in [9.17, 15) is 4.79 Å². The summed E-state index contributed by atoms with van der Waals surface area (Å²) in [6, 6.07) is 10.2. The number of hydrogen-bond acceptors (Lipinski definition) is 4. The van der Waals surface area contributed by atoms with E-state index < -0.39 is 6.10 Å². The fourth-order valence-corrected chi connectivity index (χ4v) is 4.11. The Morgan fingerprint density at radius 2 is 1.93 bits per heavy atom. The van der Waals surface area contributed by atoms with E-state index in [4.69, 9.17) is 14.6 Å². The van der Waals surface area contributed by atoms with Gasteiger partial charge in [0.05, 0.1) is 18.3 Å². The van der Waals surface area contributed by atoms with Gasteiger partial charge in [-0.05, 0) is 43.9 Å². The molecule has 142 valence electrons. The van der Waals surface area contributed by atoms with Crippen molar-refractivity contribution in [3.05, 3.63) is 41.7 Å². The van der Waals surface area contributed by atoms with E-state index >= 15 is 0 Å². The van der Waals surface area contributed by atoms with Crippen molar-refractivity contribution in [2.45, 2.75) is 63.1 Å². The first-order chi connectivity index (χ1) is 13.3. The Bertz CT molecular complexity index is 837. The van der Waals surface area contributed by atoms with Crippen molar-refractivity contribution in [2.24, 2.45) is 0 Å². The molecule has 0 saturated heterocycles. The molecule has 0 bridgehead atoms. The number of nitrogens with zero attached hydrogens (tertiary/aromatic N) is 2. The molecule has 2 fully saturated rings. The molecule has 27 heavy (non-hydrogen) atoms. The van der Waals surface area contributed by atoms with Crippen LogP contribution in [0.25, 0.3) is 0 Å². The Labute approximate surface area is 158 Å². The maximum atomic E-state index is 12.5. The zero-order valence-electron chi connectivity index (χ0n) is 15.4. The molecule has 2 aliphatic carbocycles. The van der Waals surface area contributed by atoms with Crippen LogP contribution >= 0.6 is 0 Å². The van der Waals surface area contributed by atoms with Gasteiger partial charge in [-0.2, -0.15) is 5.10 Å². The van der Waals surface area contributed by atoms with Crippen molar-refractivity contribution in [1.29, 1.82) is 0 Å². The first kappa shape index (κ1) is 16.7. The molecule has 2 heterocycles. The van der Waals surface area contributed by atoms with Crippen molar-refractivity contribution in [3.63, 3.8) is 0 Å². The van der Waals surface area contributed by atoms with Gasteiger partial charge >= 0.3 is 0 Å². The quantitative estimate of drug-likeness (QED) is 0.880. The number of amides is 1. The van der Waals surface area contributed by atoms with Gasteiger partial charge in [0.25, 0.3) is 5.91 Å². The van der Waals surface area contributed by atoms with E-state index in [2.05, 4.69) is 16.1 Å². The standard InChI is InChI=1S/C21H25N3O3/c25-21(20-13-26-18-7-3-4-8-19(18)27-20)22-12-15-11-17(14-9-10-14)24(23-15)16-5-1-2-6-16/h3-4,7-8,11,14,16,20H,1-2,5-6,9-10,12-13H2,(H,22,25)/t20-/m0/s1. The molecule has 5 rings (SSSR count). The monoisotopic (exact) mass is 367 g/mol. The van der Waals surface area contributed by atoms with Crippen LogP contribution < -0.4 is 14.8 Å². The Balaban J connectivity index is 1.24. The minimum absolute atomic E-state index is 0.159. The van der Waals surface area contributed by atoms with Crippen LogP contribution in [0.5, 0.6) is 11.5 Å². The summed E-state index contributed by atoms with van der Waals surface area (Å²) in [5.74, 6) is 1.80. The number of ether oxygens (including phenoxy) is 2. The fourth-order valence-electron chi connectivity index (χ4n) is 4.11. The molecule has 1 N–H and O–H groups in total. The van der Waals surface area contributed by atoms with Crippen molar-refractivity contribution >= 4 is 5.91 Å². The minimum Gasteiger partial charge on any atom is -0.485 e. The van der Waals surface area contributed by atoms with E-state index in [0.29, 0.717) is 30.0 Å². The number of benzene rings is 1. The minimum atomic E-state index is -0.625. The number of para-hydroxylation sites is 2. The van der Waals surface area contributed by atoms with Gasteiger partial charge < -0.3 is 14.8 Å². The third-order valence-electron chi connectivity index (χ3n) is 5.73. The number of fused-ring (bicyclic) bond motifs is 1. The lowest BCUT2D eigenvalue weighted by Crippen LogP contribution is -2.43. The highest BCUT2D eigenvalue weighted by atomic mass is 16.6. The topological polar surface area (TPSA) is 65.4 Å². The number of hydrogen-bond donors (Lipinski definition) is 1. The fraction of sp³-hybridized carbons (Fsp3) is 0.524. The van der Waals surface area contributed by atoms with E-state index in [1.54, 1.807) is 0 Å². The van der Waals surface area contributed by atoms with Gasteiger partial charge in [0.1, 0.15) is 6.61 Å². The number of rotatable bonds is 5. The summed E-state index contributed by atoms with van der Waals surface area (Å²) in [7, 11) is 0. The molecule has 6 nitrogen and oxygen atoms in total. The molecule has 0 spiro atoms. The molecule has 1 amide bonds. The lowest BCUT2D eigenvalue weighted by Gasteiger charge is -2.25. The maximum absolute atomic E-state index is 12.5. The Hall–Kier alpha value is -2.50. The first-order valence-electron chi connectivity index (χ1n) is 10.0. The lowest BCUT2D eigenvalue weighted by molar-refractivity contribution is -0.130. The number of carbonyl (C=O) groups excluding carboxylic acids is 1. The van der Waals surface area contributed by atoms with Crippen LogP contribution in [-0.2, 0) is 11.3 Å². The molecule has 1 aromatic carbocycles. The van der Waals surface area contributed by atoms with Gasteiger partial charge in [0, 0.05) is 11.6 Å². The molecule has 1 atom stereocenters. The summed E-state index contributed by atoms with van der Waals surface area (Å²) in [4.78, 5) is 12.5. The largest absolute Gasteiger partial charge is 0.485 e. The summed E-state index contributed by atoms with van der Waals surface area (Å²) < 4.78 is 13.7. The van der Waals surface area contributed by atoms with Crippen molar-refractivity contribution in [2.75, 3.05) is 6.61 Å². The molecule has 3 aliphatic rings. The highest BCUT2D eigenvalue weighted by Gasteiger charge is 2.32. The summed E-state index contributed by atoms with van der Waals surface area (Å²) in [5.41, 5.74) is 2.30. The predicted octanol–water partition coefficient (Wildman–Crippen LogP) is 3.33. The second-order valence-electron chi connectivity index (χ2n) is 7.80. The third kappa shape index (κ3) is 3.40. The summed E-state index contributed by atoms with van der Waals surface area (Å²) in [6.07, 6.45) is 6.93. The number of nitrogens with one attached hydrogen (secondary N) is 1. The molecular weight excluding hydrogens is 342 g/mol. The van der Waals surface area contributed by atoms with E-state index in [-0.39, 0.29) is 12.5 Å². The first-order valence-corrected chi connectivity index (χ1v) is 10.0. The summed E-state index contributed by atoms with van der Waals surface area (Å²) >= 11 is 0. The predicted molar refractivity (Wildman–Crippen MR) is 99.9 cm³/mol. The third-order valence-corrected chi connectivity index (χ3v) is 5.73. The number of aromatic nitrogens is 2. The van der Waals surface area contributed by atoms with E-state index in [1.807, 2.05) is 24.3 Å². The second-order valence-corrected chi connectivity index (χ2v) is 7.80. The molecule has 0 unspecified atom stereocenters. The van der Waals surface area contributed by atoms with Crippen LogP contribution in [-0.4, -0.2) is 28.4 Å². The smallest absolute Gasteiger partial charge is 0.265 e. The Morgan fingerprint density at radius 1 is 1.15 bits per heavy atom. The average Bonchev–Trinajstić information content (AvgIpc) is 3.24. The highest BCUT2D eigenvalue weighted by molar-refractivity contribution is 5.81. The zero-order valence-corrected chi connectivity index (χ0v) is 15.4. The van der Waals surface area contributed by atoms with Crippen LogP contribution in [0.3, 0.4) is 0 Å². The molecule has 1 aliphatic heterocycles. The maximum Gasteiger partial charge on any atom is 0.265 e. The van der Waals surface area contributed by atoms with Crippen molar-refractivity contribution in [1.82, 2.24) is 15.1 Å². The highest BCUT2D eigenvalue weighted by Crippen LogP contribution is 2.43. The molecule has 6 heteroatoms. The Morgan fingerprint density at radius 3 is 2.70 bits per heavy atom. The second kappa shape index (κ2) is 6.91. The van der Waals surface area contributed by atoms with Crippen LogP contribution in [0.2, 0.25) is 0 Å². The SMILES string of the molecule is O=C(NCc1cc(C2CC2)n(C2CCCC2)n1)[C@@H]1COc2ccccc2O1. The Kier molecular flexibility index (Phi) is 4.26. The molecule has 1 aromatic heterocycles. The molecule has 2 saturated carbocycles. The molecular formula is C21H25N3O3. The van der Waals surface area contributed by atoms with E-state index in [0.717, 1.165) is 5.69 Å². The van der Waals surface area contributed by atoms with E-state index in [1.165, 1.54) is 44.2 Å². The molecule has 0 radical (unpaired) electrons. The van der Waals surface area contributed by atoms with Crippen molar-refractivity contribution in [3.8, 4) is 11.5 Å². The molecule has 2 aromatic rings. The van der Waals surface area contributed by atoms with Gasteiger partial charge in [-0.3, -0.25) is 9.48 Å². The summed E-state index contributed by atoms with van der Waals surface area (Å²) in [5, 5.41) is 7.81. The average molecular weight is 367 g/mol. The van der Waals surface area contributed by atoms with Gasteiger partial charge in [-0.15, -0.1) is 0 Å². The van der Waals surface area contributed by atoms with Crippen molar-refractivity contribution < 1.29 is 14.3 Å². The van der Waals surface area contributed by atoms with Crippen LogP contribution in [0.15, 0.2) is 30.3 Å².